The third-order valence-corrected chi connectivity index (χ3v) is 4.15. The second-order valence-corrected chi connectivity index (χ2v) is 5.92. The quantitative estimate of drug-likeness (QED) is 0.368. The third kappa shape index (κ3) is 3.33. The molecule has 0 bridgehead atoms. The molecule has 6 nitrogen and oxygen atoms in total. The summed E-state index contributed by atoms with van der Waals surface area (Å²) in [6, 6.07) is 11.4. The Morgan fingerprint density at radius 2 is 1.83 bits per heavy atom. The van der Waals surface area contributed by atoms with Crippen molar-refractivity contribution in [2.24, 2.45) is 0 Å². The number of aromatic nitrogens is 4. The Hall–Kier alpha value is -3.69. The molecule has 0 saturated carbocycles. The van der Waals surface area contributed by atoms with Gasteiger partial charge in [0.25, 0.3) is 0 Å². The lowest BCUT2D eigenvalue weighted by Crippen LogP contribution is -2.35. The number of hydrogen-bond acceptors (Lipinski definition) is 5. The fourth-order valence-electron chi connectivity index (χ4n) is 2.94. The summed E-state index contributed by atoms with van der Waals surface area (Å²) in [4.78, 5) is 7.87. The van der Waals surface area contributed by atoms with E-state index >= 15 is 0 Å². The molecule has 0 aliphatic heterocycles. The van der Waals surface area contributed by atoms with Gasteiger partial charge in [0.15, 0.2) is 23.0 Å². The fraction of sp³-hybridized carbons (Fsp3) is 0.105. The average Bonchev–Trinajstić information content (AvgIpc) is 3.10. The van der Waals surface area contributed by atoms with Gasteiger partial charge in [-0.25, -0.2) is 19.3 Å². The van der Waals surface area contributed by atoms with E-state index in [0.29, 0.717) is 5.56 Å². The van der Waals surface area contributed by atoms with Crippen molar-refractivity contribution in [1.29, 1.82) is 0 Å². The van der Waals surface area contributed by atoms with Crippen LogP contribution in [0.5, 0.6) is 5.75 Å². The molecule has 3 aromatic heterocycles. The van der Waals surface area contributed by atoms with Crippen molar-refractivity contribution in [2.45, 2.75) is 6.30 Å². The first-order valence-corrected chi connectivity index (χ1v) is 8.36. The summed E-state index contributed by atoms with van der Waals surface area (Å²) < 4.78 is 61.7. The maximum Gasteiger partial charge on any atom is 0.491 e. The number of imidazole rings is 1. The summed E-state index contributed by atoms with van der Waals surface area (Å²) in [7, 11) is 1.30. The summed E-state index contributed by atoms with van der Waals surface area (Å²) in [5.74, 6) is -1.36. The number of methoxy groups -OCH3 is 1. The normalized spacial score (nSPS) is 11.6. The predicted molar refractivity (Wildman–Crippen MR) is 97.4 cm³/mol. The number of pyridine rings is 1. The third-order valence-electron chi connectivity index (χ3n) is 4.15. The standard InChI is InChI=1S/C19H13F4N5O/c1-29-18-12(5-4-6-13(18)20)14-8-9-16-25-11-17(28(16)26-14)27(19(21,22)23)15-7-2-3-10-24-15/h2-11H,1H3. The summed E-state index contributed by atoms with van der Waals surface area (Å²) in [5.41, 5.74) is 0.700. The second kappa shape index (κ2) is 7.04. The van der Waals surface area contributed by atoms with Gasteiger partial charge < -0.3 is 4.74 Å². The molecule has 0 atom stereocenters. The van der Waals surface area contributed by atoms with Crippen LogP contribution in [0.15, 0.2) is 60.9 Å². The number of ether oxygens (including phenoxy) is 1. The lowest BCUT2D eigenvalue weighted by Gasteiger charge is -2.24. The van der Waals surface area contributed by atoms with Crippen LogP contribution in [0, 0.1) is 5.82 Å². The molecule has 1 aromatic carbocycles. The van der Waals surface area contributed by atoms with Crippen LogP contribution >= 0.6 is 0 Å². The van der Waals surface area contributed by atoms with Gasteiger partial charge in [0.1, 0.15) is 5.82 Å². The van der Waals surface area contributed by atoms with Crippen LogP contribution in [0.2, 0.25) is 0 Å². The molecule has 0 saturated heterocycles. The van der Waals surface area contributed by atoms with Crippen LogP contribution in [-0.2, 0) is 0 Å². The van der Waals surface area contributed by atoms with Crippen molar-refractivity contribution in [1.82, 2.24) is 19.6 Å². The second-order valence-electron chi connectivity index (χ2n) is 5.92. The van der Waals surface area contributed by atoms with Crippen LogP contribution in [0.25, 0.3) is 16.9 Å². The number of nitrogens with zero attached hydrogens (tertiary/aromatic N) is 5. The van der Waals surface area contributed by atoms with E-state index in [9.17, 15) is 17.6 Å². The zero-order chi connectivity index (χ0) is 20.6. The molecule has 0 radical (unpaired) electrons. The molecule has 0 amide bonds. The van der Waals surface area contributed by atoms with E-state index in [4.69, 9.17) is 4.74 Å². The van der Waals surface area contributed by atoms with Crippen LogP contribution in [0.3, 0.4) is 0 Å². The van der Waals surface area contributed by atoms with Gasteiger partial charge in [-0.1, -0.05) is 12.1 Å². The number of para-hydroxylation sites is 1. The molecular formula is C19H13F4N5O. The molecule has 0 aliphatic carbocycles. The van der Waals surface area contributed by atoms with Crippen molar-refractivity contribution >= 4 is 17.3 Å². The average molecular weight is 403 g/mol. The number of anilines is 2. The molecule has 0 fully saturated rings. The Morgan fingerprint density at radius 3 is 2.52 bits per heavy atom. The summed E-state index contributed by atoms with van der Waals surface area (Å²) >= 11 is 0. The van der Waals surface area contributed by atoms with E-state index in [-0.39, 0.29) is 33.6 Å². The molecule has 0 unspecified atom stereocenters. The predicted octanol–water partition coefficient (Wildman–Crippen LogP) is 4.60. The smallest absolute Gasteiger partial charge is 0.491 e. The highest BCUT2D eigenvalue weighted by Crippen LogP contribution is 2.36. The number of hydrogen-bond donors (Lipinski definition) is 0. The lowest BCUT2D eigenvalue weighted by atomic mass is 10.1. The molecule has 3 heterocycles. The van der Waals surface area contributed by atoms with Gasteiger partial charge in [-0.2, -0.15) is 9.61 Å². The molecule has 0 aliphatic rings. The first kappa shape index (κ1) is 18.7. The van der Waals surface area contributed by atoms with Crippen molar-refractivity contribution < 1.29 is 22.3 Å². The molecule has 0 N–H and O–H groups in total. The van der Waals surface area contributed by atoms with E-state index in [0.717, 1.165) is 10.7 Å². The SMILES string of the molecule is COc1c(F)cccc1-c1ccc2ncc(N(c3ccccn3)C(F)(F)F)n2n1. The minimum absolute atomic E-state index is 0.0570. The number of rotatable bonds is 4. The number of halogens is 4. The first-order valence-electron chi connectivity index (χ1n) is 8.36. The van der Waals surface area contributed by atoms with Crippen molar-refractivity contribution in [3.05, 3.63) is 66.7 Å². The lowest BCUT2D eigenvalue weighted by molar-refractivity contribution is -0.121. The van der Waals surface area contributed by atoms with Crippen LogP contribution in [0.1, 0.15) is 0 Å². The van der Waals surface area contributed by atoms with Crippen LogP contribution in [0.4, 0.5) is 29.2 Å². The first-order chi connectivity index (χ1) is 13.9. The van der Waals surface area contributed by atoms with Crippen molar-refractivity contribution in [3.8, 4) is 17.0 Å². The Balaban J connectivity index is 1.91. The van der Waals surface area contributed by atoms with Crippen molar-refractivity contribution in [3.63, 3.8) is 0 Å². The maximum absolute atomic E-state index is 14.0. The Labute approximate surface area is 162 Å². The highest BCUT2D eigenvalue weighted by atomic mass is 19.4. The number of alkyl halides is 3. The Bertz CT molecular complexity index is 1160. The maximum atomic E-state index is 14.0. The topological polar surface area (TPSA) is 55.5 Å². The molecule has 148 valence electrons. The minimum atomic E-state index is -4.78. The highest BCUT2D eigenvalue weighted by Gasteiger charge is 2.41. The van der Waals surface area contributed by atoms with Crippen LogP contribution in [-0.4, -0.2) is 33.0 Å². The van der Waals surface area contributed by atoms with Gasteiger partial charge in [-0.15, -0.1) is 13.2 Å². The summed E-state index contributed by atoms with van der Waals surface area (Å²) in [5, 5.41) is 4.25. The largest absolute Gasteiger partial charge is 0.493 e. The van der Waals surface area contributed by atoms with Gasteiger partial charge in [-0.3, -0.25) is 0 Å². The van der Waals surface area contributed by atoms with E-state index in [1.165, 1.54) is 55.8 Å². The Kier molecular flexibility index (Phi) is 4.53. The molecule has 10 heteroatoms. The zero-order valence-corrected chi connectivity index (χ0v) is 14.9. The van der Waals surface area contributed by atoms with Gasteiger partial charge in [0.05, 0.1) is 19.0 Å². The van der Waals surface area contributed by atoms with Crippen molar-refractivity contribution in [2.75, 3.05) is 12.0 Å². The monoisotopic (exact) mass is 403 g/mol. The Morgan fingerprint density at radius 1 is 1.00 bits per heavy atom. The molecule has 4 aromatic rings. The fourth-order valence-corrected chi connectivity index (χ4v) is 2.94. The number of benzene rings is 1. The van der Waals surface area contributed by atoms with Gasteiger partial charge in [0, 0.05) is 11.8 Å². The van der Waals surface area contributed by atoms with Crippen LogP contribution < -0.4 is 9.64 Å². The van der Waals surface area contributed by atoms with Gasteiger partial charge >= 0.3 is 6.30 Å². The zero-order valence-electron chi connectivity index (χ0n) is 14.9. The molecule has 4 rings (SSSR count). The van der Waals surface area contributed by atoms with E-state index in [1.807, 2.05) is 0 Å². The van der Waals surface area contributed by atoms with E-state index in [1.54, 1.807) is 6.07 Å². The molecule has 29 heavy (non-hydrogen) atoms. The van der Waals surface area contributed by atoms with Gasteiger partial charge in [-0.05, 0) is 36.4 Å². The number of fused-ring (bicyclic) bond motifs is 1. The van der Waals surface area contributed by atoms with Gasteiger partial charge in [0.2, 0.25) is 0 Å². The minimum Gasteiger partial charge on any atom is -0.493 e. The highest BCUT2D eigenvalue weighted by molar-refractivity contribution is 5.69. The molecular weight excluding hydrogens is 390 g/mol. The van der Waals surface area contributed by atoms with E-state index < -0.39 is 12.1 Å². The summed E-state index contributed by atoms with van der Waals surface area (Å²) in [6.45, 7) is 0. The van der Waals surface area contributed by atoms with E-state index in [2.05, 4.69) is 15.1 Å². The summed E-state index contributed by atoms with van der Waals surface area (Å²) in [6.07, 6.45) is -2.47. The molecule has 0 spiro atoms.